The van der Waals surface area contributed by atoms with Gasteiger partial charge in [0.05, 0.1) is 0 Å². The summed E-state index contributed by atoms with van der Waals surface area (Å²) in [6, 6.07) is 0. The van der Waals surface area contributed by atoms with Gasteiger partial charge in [-0.25, -0.2) is 0 Å². The monoisotopic (exact) mass is 173 g/mol. The molecule has 76 valence electrons. The molecule has 0 spiro atoms. The summed E-state index contributed by atoms with van der Waals surface area (Å²) in [6.07, 6.45) is 2.62. The molecule has 1 N–H and O–H groups in total. The molecule has 0 aliphatic carbocycles. The van der Waals surface area contributed by atoms with E-state index in [1.54, 1.807) is 0 Å². The van der Waals surface area contributed by atoms with E-state index in [-0.39, 0.29) is 0 Å². The van der Waals surface area contributed by atoms with Crippen molar-refractivity contribution in [2.45, 2.75) is 47.5 Å². The summed E-state index contributed by atoms with van der Waals surface area (Å²) in [5.74, 6) is 1.76. The molecule has 0 rings (SSSR count). The highest BCUT2D eigenvalue weighted by Crippen LogP contribution is 2.16. The fourth-order valence-electron chi connectivity index (χ4n) is 1.06. The van der Waals surface area contributed by atoms with Gasteiger partial charge in [0.2, 0.25) is 0 Å². The molecule has 0 aromatic heterocycles. The van der Waals surface area contributed by atoms with Gasteiger partial charge in [-0.05, 0) is 31.8 Å². The Hall–Kier alpha value is -0.0400. The van der Waals surface area contributed by atoms with Crippen LogP contribution in [-0.2, 0) is 0 Å². The fraction of sp³-hybridized carbons (Fsp3) is 1.00. The Morgan fingerprint density at radius 2 is 1.58 bits per heavy atom. The highest BCUT2D eigenvalue weighted by molar-refractivity contribution is 4.60. The zero-order valence-corrected chi connectivity index (χ0v) is 9.78. The van der Waals surface area contributed by atoms with Crippen molar-refractivity contribution >= 4 is 0 Å². The first kappa shape index (κ1) is 14.5. The van der Waals surface area contributed by atoms with Gasteiger partial charge in [-0.1, -0.05) is 41.0 Å². The summed E-state index contributed by atoms with van der Waals surface area (Å²) in [4.78, 5) is 0. The SMILES string of the molecule is CC.CCC(C)C(C)CCNC. The predicted octanol–water partition coefficient (Wildman–Crippen LogP) is 3.30. The normalized spacial score (nSPS) is 14.5. The van der Waals surface area contributed by atoms with Crippen LogP contribution in [0.4, 0.5) is 0 Å². The molecule has 0 aromatic rings. The second-order valence-corrected chi connectivity index (χ2v) is 3.26. The second-order valence-electron chi connectivity index (χ2n) is 3.26. The summed E-state index contributed by atoms with van der Waals surface area (Å²) in [7, 11) is 2.02. The van der Waals surface area contributed by atoms with Gasteiger partial charge >= 0.3 is 0 Å². The van der Waals surface area contributed by atoms with E-state index in [2.05, 4.69) is 26.1 Å². The molecule has 0 aliphatic heterocycles. The zero-order chi connectivity index (χ0) is 9.98. The lowest BCUT2D eigenvalue weighted by Crippen LogP contribution is -2.15. The summed E-state index contributed by atoms with van der Waals surface area (Å²) in [5.41, 5.74) is 0. The first-order valence-electron chi connectivity index (χ1n) is 5.37. The van der Waals surface area contributed by atoms with Gasteiger partial charge < -0.3 is 5.32 Å². The van der Waals surface area contributed by atoms with Crippen LogP contribution in [0, 0.1) is 11.8 Å². The Balaban J connectivity index is 0. The van der Waals surface area contributed by atoms with Crippen molar-refractivity contribution in [3.8, 4) is 0 Å². The van der Waals surface area contributed by atoms with Crippen molar-refractivity contribution in [2.75, 3.05) is 13.6 Å². The first-order chi connectivity index (χ1) is 5.72. The molecule has 0 fully saturated rings. The largest absolute Gasteiger partial charge is 0.320 e. The molecule has 2 atom stereocenters. The van der Waals surface area contributed by atoms with Crippen LogP contribution < -0.4 is 5.32 Å². The minimum Gasteiger partial charge on any atom is -0.320 e. The van der Waals surface area contributed by atoms with Gasteiger partial charge in [0.15, 0.2) is 0 Å². The molecule has 0 amide bonds. The summed E-state index contributed by atoms with van der Waals surface area (Å²) >= 11 is 0. The molecule has 2 unspecified atom stereocenters. The lowest BCUT2D eigenvalue weighted by molar-refractivity contribution is 0.352. The molecule has 0 saturated carbocycles. The number of hydrogen-bond donors (Lipinski definition) is 1. The molecule has 0 radical (unpaired) electrons. The topological polar surface area (TPSA) is 12.0 Å². The van der Waals surface area contributed by atoms with Gasteiger partial charge in [-0.15, -0.1) is 0 Å². The lowest BCUT2D eigenvalue weighted by atomic mass is 9.91. The Bertz CT molecular complexity index is 71.4. The number of nitrogens with one attached hydrogen (secondary N) is 1. The van der Waals surface area contributed by atoms with Crippen molar-refractivity contribution in [2.24, 2.45) is 11.8 Å². The average Bonchev–Trinajstić information content (AvgIpc) is 2.16. The molecule has 0 heterocycles. The van der Waals surface area contributed by atoms with Gasteiger partial charge in [0.1, 0.15) is 0 Å². The minimum atomic E-state index is 0.873. The van der Waals surface area contributed by atoms with E-state index in [1.807, 2.05) is 20.9 Å². The zero-order valence-electron chi connectivity index (χ0n) is 9.78. The maximum absolute atomic E-state index is 3.18. The maximum Gasteiger partial charge on any atom is -0.00493 e. The number of hydrogen-bond acceptors (Lipinski definition) is 1. The van der Waals surface area contributed by atoms with Gasteiger partial charge in [0, 0.05) is 0 Å². The summed E-state index contributed by atoms with van der Waals surface area (Å²) in [6.45, 7) is 12.1. The van der Waals surface area contributed by atoms with Gasteiger partial charge in [-0.3, -0.25) is 0 Å². The molecule has 12 heavy (non-hydrogen) atoms. The van der Waals surface area contributed by atoms with Crippen molar-refractivity contribution in [3.05, 3.63) is 0 Å². The molecule has 0 aliphatic rings. The van der Waals surface area contributed by atoms with Crippen LogP contribution >= 0.6 is 0 Å². The van der Waals surface area contributed by atoms with Crippen LogP contribution in [-0.4, -0.2) is 13.6 Å². The minimum absolute atomic E-state index is 0.873. The van der Waals surface area contributed by atoms with Crippen LogP contribution in [0.5, 0.6) is 0 Å². The molecular formula is C11H27N. The fourth-order valence-corrected chi connectivity index (χ4v) is 1.06. The van der Waals surface area contributed by atoms with E-state index in [4.69, 9.17) is 0 Å². The van der Waals surface area contributed by atoms with E-state index < -0.39 is 0 Å². The maximum atomic E-state index is 3.18. The van der Waals surface area contributed by atoms with E-state index >= 15 is 0 Å². The third kappa shape index (κ3) is 8.06. The van der Waals surface area contributed by atoms with E-state index in [9.17, 15) is 0 Å². The molecule has 0 aromatic carbocycles. The quantitative estimate of drug-likeness (QED) is 0.672. The van der Waals surface area contributed by atoms with Crippen LogP contribution in [0.2, 0.25) is 0 Å². The van der Waals surface area contributed by atoms with Crippen molar-refractivity contribution in [1.82, 2.24) is 5.32 Å². The average molecular weight is 173 g/mol. The van der Waals surface area contributed by atoms with Crippen LogP contribution in [0.25, 0.3) is 0 Å². The van der Waals surface area contributed by atoms with Crippen LogP contribution in [0.1, 0.15) is 47.5 Å². The summed E-state index contributed by atoms with van der Waals surface area (Å²) < 4.78 is 0. The second kappa shape index (κ2) is 11.0. The highest BCUT2D eigenvalue weighted by Gasteiger charge is 2.08. The Morgan fingerprint density at radius 1 is 1.08 bits per heavy atom. The Labute approximate surface area is 78.9 Å². The van der Waals surface area contributed by atoms with Crippen molar-refractivity contribution in [3.63, 3.8) is 0 Å². The lowest BCUT2D eigenvalue weighted by Gasteiger charge is -2.17. The smallest absolute Gasteiger partial charge is 0.00493 e. The first-order valence-corrected chi connectivity index (χ1v) is 5.37. The van der Waals surface area contributed by atoms with E-state index in [1.165, 1.54) is 12.8 Å². The van der Waals surface area contributed by atoms with E-state index in [0.717, 1.165) is 18.4 Å². The number of rotatable bonds is 5. The predicted molar refractivity (Wildman–Crippen MR) is 58.5 cm³/mol. The molecule has 0 saturated heterocycles. The standard InChI is InChI=1S/C9H21N.C2H6/c1-5-8(2)9(3)6-7-10-4;1-2/h8-10H,5-7H2,1-4H3;1-2H3. The Morgan fingerprint density at radius 3 is 1.92 bits per heavy atom. The highest BCUT2D eigenvalue weighted by atomic mass is 14.8. The van der Waals surface area contributed by atoms with Crippen molar-refractivity contribution < 1.29 is 0 Å². The molecular weight excluding hydrogens is 146 g/mol. The molecule has 1 heteroatoms. The van der Waals surface area contributed by atoms with Crippen LogP contribution in [0.3, 0.4) is 0 Å². The van der Waals surface area contributed by atoms with Gasteiger partial charge in [-0.2, -0.15) is 0 Å². The third-order valence-corrected chi connectivity index (χ3v) is 2.47. The van der Waals surface area contributed by atoms with Crippen LogP contribution in [0.15, 0.2) is 0 Å². The van der Waals surface area contributed by atoms with E-state index in [0.29, 0.717) is 0 Å². The molecule has 0 bridgehead atoms. The van der Waals surface area contributed by atoms with Gasteiger partial charge in [0.25, 0.3) is 0 Å². The third-order valence-electron chi connectivity index (χ3n) is 2.47. The Kier molecular flexibility index (Phi) is 13.2. The van der Waals surface area contributed by atoms with Crippen molar-refractivity contribution in [1.29, 1.82) is 0 Å². The molecule has 1 nitrogen and oxygen atoms in total. The summed E-state index contributed by atoms with van der Waals surface area (Å²) in [5, 5.41) is 3.18.